The third-order valence-corrected chi connectivity index (χ3v) is 7.69. The second-order valence-electron chi connectivity index (χ2n) is 10.8. The summed E-state index contributed by atoms with van der Waals surface area (Å²) < 4.78 is 0. The molecule has 2 fully saturated rings. The van der Waals surface area contributed by atoms with Gasteiger partial charge in [-0.25, -0.2) is 0 Å². The first-order valence-electron chi connectivity index (χ1n) is 14.7. The number of piperidine rings is 1. The summed E-state index contributed by atoms with van der Waals surface area (Å²) in [7, 11) is 0. The molecule has 0 unspecified atom stereocenters. The molecule has 8 nitrogen and oxygen atoms in total. The molecule has 2 aromatic rings. The third-order valence-electron chi connectivity index (χ3n) is 7.69. The van der Waals surface area contributed by atoms with E-state index in [0.29, 0.717) is 22.3 Å². The van der Waals surface area contributed by atoms with E-state index in [-0.39, 0.29) is 11.8 Å². The molecule has 2 saturated heterocycles. The fourth-order valence-electron chi connectivity index (χ4n) is 5.26. The van der Waals surface area contributed by atoms with Gasteiger partial charge in [-0.05, 0) is 87.1 Å². The molecule has 2 aromatic carbocycles. The summed E-state index contributed by atoms with van der Waals surface area (Å²) in [6.07, 6.45) is 13.1. The highest BCUT2D eigenvalue weighted by Gasteiger charge is 2.20. The maximum Gasteiger partial charge on any atom is 0.254 e. The van der Waals surface area contributed by atoms with Crippen molar-refractivity contribution in [2.75, 3.05) is 26.2 Å². The molecule has 0 spiro atoms. The summed E-state index contributed by atoms with van der Waals surface area (Å²) in [5.74, 6) is -0.803. The van der Waals surface area contributed by atoms with Gasteiger partial charge in [0, 0.05) is 48.4 Å². The SMILES string of the molecule is Cc1cc(C(N)=O)ccc1C(=O)N1CCCCC1.NC(=O)c1ccc(C(=O)N2CCCCCCCCCC2)cc1. The number of rotatable bonds is 4. The normalized spacial score (nSPS) is 16.6. The maximum atomic E-state index is 12.6. The first-order chi connectivity index (χ1) is 19.3. The van der Waals surface area contributed by atoms with Crippen molar-refractivity contribution >= 4 is 23.6 Å². The van der Waals surface area contributed by atoms with Crippen molar-refractivity contribution in [1.29, 1.82) is 0 Å². The minimum absolute atomic E-state index is 0.0585. The predicted octanol–water partition coefficient (Wildman–Crippen LogP) is 5.08. The van der Waals surface area contributed by atoms with E-state index in [1.165, 1.54) is 44.9 Å². The molecule has 4 N–H and O–H groups in total. The molecule has 4 amide bonds. The second-order valence-corrected chi connectivity index (χ2v) is 10.8. The lowest BCUT2D eigenvalue weighted by Gasteiger charge is -2.27. The van der Waals surface area contributed by atoms with E-state index in [1.54, 1.807) is 42.5 Å². The number of benzene rings is 2. The predicted molar refractivity (Wildman–Crippen MR) is 157 cm³/mol. The van der Waals surface area contributed by atoms with Crippen LogP contribution in [0.5, 0.6) is 0 Å². The molecule has 2 heterocycles. The second kappa shape index (κ2) is 15.8. The van der Waals surface area contributed by atoms with Crippen molar-refractivity contribution in [3.05, 3.63) is 70.3 Å². The standard InChI is InChI=1S/C18H26N2O2.C14H18N2O2/c19-17(21)15-9-11-16(12-10-15)18(22)20-13-7-5-3-1-2-4-6-8-14-20;1-10-9-11(13(15)17)5-6-12(10)14(18)16-7-3-2-4-8-16/h9-12H,1-8,13-14H2,(H2,19,21);5-6,9H,2-4,7-8H2,1H3,(H2,15,17). The minimum atomic E-state index is -0.464. The number of primary amides is 2. The number of aryl methyl sites for hydroxylation is 1. The zero-order valence-electron chi connectivity index (χ0n) is 23.8. The fourth-order valence-corrected chi connectivity index (χ4v) is 5.26. The number of hydrogen-bond acceptors (Lipinski definition) is 4. The van der Waals surface area contributed by atoms with E-state index in [1.807, 2.05) is 16.7 Å². The highest BCUT2D eigenvalue weighted by molar-refractivity contribution is 5.99. The molecule has 216 valence electrons. The lowest BCUT2D eigenvalue weighted by atomic mass is 10.0. The van der Waals surface area contributed by atoms with Gasteiger partial charge in [-0.1, -0.05) is 38.5 Å². The number of amides is 4. The zero-order valence-corrected chi connectivity index (χ0v) is 23.8. The number of likely N-dealkylation sites (tertiary alicyclic amines) is 1. The smallest absolute Gasteiger partial charge is 0.254 e. The summed E-state index contributed by atoms with van der Waals surface area (Å²) in [5, 5.41) is 0. The Labute approximate surface area is 238 Å². The Hall–Kier alpha value is -3.68. The van der Waals surface area contributed by atoms with Crippen molar-refractivity contribution in [3.8, 4) is 0 Å². The van der Waals surface area contributed by atoms with Gasteiger partial charge in [0.15, 0.2) is 0 Å². The molecule has 2 aliphatic rings. The third kappa shape index (κ3) is 9.21. The van der Waals surface area contributed by atoms with E-state index in [9.17, 15) is 19.2 Å². The van der Waals surface area contributed by atoms with Crippen LogP contribution in [0.25, 0.3) is 0 Å². The number of carbonyl (C=O) groups excluding carboxylic acids is 4. The molecule has 0 saturated carbocycles. The Balaban J connectivity index is 0.000000225. The van der Waals surface area contributed by atoms with Gasteiger partial charge < -0.3 is 21.3 Å². The Morgan fingerprint density at radius 3 is 1.35 bits per heavy atom. The van der Waals surface area contributed by atoms with Crippen LogP contribution < -0.4 is 11.5 Å². The average Bonchev–Trinajstić information content (AvgIpc) is 3.03. The van der Waals surface area contributed by atoms with Crippen molar-refractivity contribution in [1.82, 2.24) is 9.80 Å². The van der Waals surface area contributed by atoms with Crippen LogP contribution in [-0.4, -0.2) is 59.6 Å². The molecular formula is C32H44N4O4. The first kappa shape index (κ1) is 30.9. The molecule has 4 rings (SSSR count). The summed E-state index contributed by atoms with van der Waals surface area (Å²) in [5.41, 5.74) is 13.5. The van der Waals surface area contributed by atoms with Crippen LogP contribution in [0.3, 0.4) is 0 Å². The van der Waals surface area contributed by atoms with Crippen LogP contribution in [0.1, 0.15) is 118 Å². The average molecular weight is 549 g/mol. The Morgan fingerprint density at radius 1 is 0.525 bits per heavy atom. The van der Waals surface area contributed by atoms with Crippen LogP contribution in [0.4, 0.5) is 0 Å². The van der Waals surface area contributed by atoms with Crippen molar-refractivity contribution in [2.45, 2.75) is 77.6 Å². The molecule has 0 aromatic heterocycles. The van der Waals surface area contributed by atoms with Crippen molar-refractivity contribution in [2.24, 2.45) is 11.5 Å². The fraction of sp³-hybridized carbons (Fsp3) is 0.500. The summed E-state index contributed by atoms with van der Waals surface area (Å²) in [6.45, 7) is 5.15. The quantitative estimate of drug-likeness (QED) is 0.552. The van der Waals surface area contributed by atoms with Crippen LogP contribution in [0.15, 0.2) is 42.5 Å². The number of nitrogens with two attached hydrogens (primary N) is 2. The summed E-state index contributed by atoms with van der Waals surface area (Å²) in [4.78, 5) is 51.0. The number of carbonyl (C=O) groups is 4. The first-order valence-corrected chi connectivity index (χ1v) is 14.7. The Bertz CT molecular complexity index is 1140. The highest BCUT2D eigenvalue weighted by atomic mass is 16.2. The number of nitrogens with zero attached hydrogens (tertiary/aromatic N) is 2. The molecule has 0 radical (unpaired) electrons. The molecule has 40 heavy (non-hydrogen) atoms. The van der Waals surface area contributed by atoms with Crippen LogP contribution >= 0.6 is 0 Å². The van der Waals surface area contributed by atoms with Gasteiger partial charge in [-0.3, -0.25) is 19.2 Å². The topological polar surface area (TPSA) is 127 Å². The van der Waals surface area contributed by atoms with E-state index in [4.69, 9.17) is 11.5 Å². The van der Waals surface area contributed by atoms with Gasteiger partial charge in [-0.2, -0.15) is 0 Å². The minimum Gasteiger partial charge on any atom is -0.366 e. The van der Waals surface area contributed by atoms with Crippen molar-refractivity contribution in [3.63, 3.8) is 0 Å². The molecule has 0 aliphatic carbocycles. The lowest BCUT2D eigenvalue weighted by molar-refractivity contribution is 0.0721. The Morgan fingerprint density at radius 2 is 0.900 bits per heavy atom. The monoisotopic (exact) mass is 548 g/mol. The van der Waals surface area contributed by atoms with E-state index >= 15 is 0 Å². The van der Waals surface area contributed by atoms with Crippen molar-refractivity contribution < 1.29 is 19.2 Å². The van der Waals surface area contributed by atoms with Crippen LogP contribution in [0, 0.1) is 6.92 Å². The summed E-state index contributed by atoms with van der Waals surface area (Å²) in [6, 6.07) is 11.7. The van der Waals surface area contributed by atoms with Crippen LogP contribution in [0.2, 0.25) is 0 Å². The van der Waals surface area contributed by atoms with Gasteiger partial charge in [0.25, 0.3) is 11.8 Å². The zero-order chi connectivity index (χ0) is 28.9. The van der Waals surface area contributed by atoms with Gasteiger partial charge >= 0.3 is 0 Å². The van der Waals surface area contributed by atoms with Gasteiger partial charge in [0.05, 0.1) is 0 Å². The molecular weight excluding hydrogens is 504 g/mol. The molecule has 0 bridgehead atoms. The summed E-state index contributed by atoms with van der Waals surface area (Å²) >= 11 is 0. The van der Waals surface area contributed by atoms with Gasteiger partial charge in [-0.15, -0.1) is 0 Å². The van der Waals surface area contributed by atoms with E-state index in [0.717, 1.165) is 57.4 Å². The van der Waals surface area contributed by atoms with E-state index in [2.05, 4.69) is 0 Å². The molecule has 8 heteroatoms. The number of hydrogen-bond donors (Lipinski definition) is 2. The largest absolute Gasteiger partial charge is 0.366 e. The van der Waals surface area contributed by atoms with Gasteiger partial charge in [0.1, 0.15) is 0 Å². The Kier molecular flexibility index (Phi) is 12.2. The lowest BCUT2D eigenvalue weighted by Crippen LogP contribution is -2.36. The molecule has 0 atom stereocenters. The highest BCUT2D eigenvalue weighted by Crippen LogP contribution is 2.18. The van der Waals surface area contributed by atoms with Gasteiger partial charge in [0.2, 0.25) is 11.8 Å². The molecule has 2 aliphatic heterocycles. The maximum absolute atomic E-state index is 12.6. The van der Waals surface area contributed by atoms with Crippen LogP contribution in [-0.2, 0) is 0 Å². The van der Waals surface area contributed by atoms with E-state index < -0.39 is 11.8 Å².